The van der Waals surface area contributed by atoms with E-state index in [4.69, 9.17) is 0 Å². The van der Waals surface area contributed by atoms with Crippen molar-refractivity contribution in [2.75, 3.05) is 0 Å². The number of aromatic nitrogens is 1. The number of fused-ring (bicyclic) bond motifs is 5. The van der Waals surface area contributed by atoms with Crippen molar-refractivity contribution in [2.45, 2.75) is 43.4 Å². The van der Waals surface area contributed by atoms with Gasteiger partial charge >= 0.3 is 0 Å². The summed E-state index contributed by atoms with van der Waals surface area (Å²) < 4.78 is 17.1. The molecular formula is C29H25FNS+. The normalized spacial score (nSPS) is 12.8. The fraction of sp³-hybridized carbons (Fsp3) is 0.207. The van der Waals surface area contributed by atoms with E-state index in [0.29, 0.717) is 11.3 Å². The smallest absolute Gasteiger partial charge is 0.206 e. The van der Waals surface area contributed by atoms with Gasteiger partial charge in [0.2, 0.25) is 5.69 Å². The summed E-state index contributed by atoms with van der Waals surface area (Å²) in [5, 5.41) is 6.70. The fourth-order valence-corrected chi connectivity index (χ4v) is 6.98. The first-order valence-corrected chi connectivity index (χ1v) is 12.0. The molecule has 4 aromatic carbocycles. The highest BCUT2D eigenvalue weighted by molar-refractivity contribution is 8.00. The highest BCUT2D eigenvalue weighted by Gasteiger charge is 2.33. The number of hydrogen-bond acceptors (Lipinski definition) is 1. The van der Waals surface area contributed by atoms with Crippen LogP contribution in [0.4, 0.5) is 4.39 Å². The summed E-state index contributed by atoms with van der Waals surface area (Å²) in [6, 6.07) is 16.4. The first-order chi connectivity index (χ1) is 15.4. The zero-order valence-corrected chi connectivity index (χ0v) is 19.8. The third-order valence-corrected chi connectivity index (χ3v) is 8.10. The van der Waals surface area contributed by atoms with Gasteiger partial charge in [0.15, 0.2) is 6.20 Å². The number of rotatable bonds is 1. The standard InChI is InChI=1S/C29H25FNS/c1-15(2)25-19-10-9-16(3)13-21(19)17(4)26-28-27-20(11-12-31(28)5)18-7-6-8-23(30)22(18)14-24(27)32-29(25)26/h6-15H,1-5H3/q+1. The van der Waals surface area contributed by atoms with Gasteiger partial charge in [-0.05, 0) is 59.2 Å². The first-order valence-electron chi connectivity index (χ1n) is 11.2. The number of hydrogen-bond donors (Lipinski definition) is 0. The van der Waals surface area contributed by atoms with Crippen molar-refractivity contribution in [3.8, 4) is 11.3 Å². The predicted octanol–water partition coefficient (Wildman–Crippen LogP) is 7.98. The molecule has 0 amide bonds. The largest absolute Gasteiger partial charge is 0.222 e. The number of halogens is 1. The van der Waals surface area contributed by atoms with Gasteiger partial charge in [-0.25, -0.2) is 8.96 Å². The molecule has 0 saturated heterocycles. The Morgan fingerprint density at radius 1 is 0.875 bits per heavy atom. The van der Waals surface area contributed by atoms with Crippen LogP contribution in [0.15, 0.2) is 64.5 Å². The second-order valence-electron chi connectivity index (χ2n) is 9.32. The minimum atomic E-state index is -0.156. The maximum Gasteiger partial charge on any atom is 0.222 e. The van der Waals surface area contributed by atoms with E-state index in [1.807, 2.05) is 23.9 Å². The van der Waals surface area contributed by atoms with Crippen LogP contribution in [-0.4, -0.2) is 0 Å². The summed E-state index contributed by atoms with van der Waals surface area (Å²) in [6.07, 6.45) is 2.13. The number of benzene rings is 4. The van der Waals surface area contributed by atoms with Crippen molar-refractivity contribution in [3.63, 3.8) is 0 Å². The highest BCUT2D eigenvalue weighted by atomic mass is 32.2. The quantitative estimate of drug-likeness (QED) is 0.186. The second kappa shape index (κ2) is 6.79. The van der Waals surface area contributed by atoms with E-state index in [0.717, 1.165) is 15.7 Å². The SMILES string of the molecule is Cc1ccc2c(C(C)C)c3c(c(C)c2c1)-c1c2c(cc4c(F)cccc4c2cc[n+]1C)S3. The lowest BCUT2D eigenvalue weighted by molar-refractivity contribution is -0.659. The van der Waals surface area contributed by atoms with Crippen LogP contribution in [0, 0.1) is 19.7 Å². The van der Waals surface area contributed by atoms with E-state index in [1.54, 1.807) is 6.07 Å². The van der Waals surface area contributed by atoms with Crippen molar-refractivity contribution < 1.29 is 8.96 Å². The molecule has 158 valence electrons. The lowest BCUT2D eigenvalue weighted by Crippen LogP contribution is -2.32. The van der Waals surface area contributed by atoms with Gasteiger partial charge in [-0.15, -0.1) is 0 Å². The number of nitrogens with zero attached hydrogens (tertiary/aromatic N) is 1. The minimum Gasteiger partial charge on any atom is -0.206 e. The van der Waals surface area contributed by atoms with E-state index >= 15 is 0 Å². The average Bonchev–Trinajstić information content (AvgIpc) is 2.76. The number of pyridine rings is 1. The molecule has 0 unspecified atom stereocenters. The Kier molecular flexibility index (Phi) is 4.19. The van der Waals surface area contributed by atoms with Crippen molar-refractivity contribution >= 4 is 44.1 Å². The van der Waals surface area contributed by atoms with Crippen LogP contribution in [0.3, 0.4) is 0 Å². The Morgan fingerprint density at radius 2 is 1.69 bits per heavy atom. The Labute approximate surface area is 191 Å². The van der Waals surface area contributed by atoms with Crippen LogP contribution in [0.1, 0.15) is 36.5 Å². The molecule has 1 nitrogen and oxygen atoms in total. The summed E-state index contributed by atoms with van der Waals surface area (Å²) in [6.45, 7) is 8.98. The van der Waals surface area contributed by atoms with Gasteiger partial charge in [-0.3, -0.25) is 0 Å². The van der Waals surface area contributed by atoms with E-state index in [1.165, 1.54) is 49.0 Å². The van der Waals surface area contributed by atoms with Crippen molar-refractivity contribution in [3.05, 3.63) is 77.2 Å². The Morgan fingerprint density at radius 3 is 2.47 bits per heavy atom. The molecule has 0 atom stereocenters. The van der Waals surface area contributed by atoms with Gasteiger partial charge in [0.1, 0.15) is 12.9 Å². The number of aryl methyl sites for hydroxylation is 3. The summed E-state index contributed by atoms with van der Waals surface area (Å²) in [5.41, 5.74) is 6.56. The molecule has 1 aliphatic rings. The molecule has 2 heterocycles. The molecule has 5 aromatic rings. The topological polar surface area (TPSA) is 3.88 Å². The van der Waals surface area contributed by atoms with Crippen LogP contribution in [0.2, 0.25) is 0 Å². The highest BCUT2D eigenvalue weighted by Crippen LogP contribution is 2.54. The Hall–Kier alpha value is -2.91. The van der Waals surface area contributed by atoms with E-state index in [2.05, 4.69) is 75.8 Å². The Bertz CT molecular complexity index is 1610. The van der Waals surface area contributed by atoms with Crippen molar-refractivity contribution in [1.82, 2.24) is 0 Å². The summed E-state index contributed by atoms with van der Waals surface area (Å²) >= 11 is 1.82. The fourth-order valence-electron chi connectivity index (χ4n) is 5.47. The van der Waals surface area contributed by atoms with Crippen LogP contribution in [0.25, 0.3) is 43.6 Å². The molecule has 6 rings (SSSR count). The molecule has 0 aliphatic carbocycles. The molecule has 0 fully saturated rings. The minimum absolute atomic E-state index is 0.156. The lowest BCUT2D eigenvalue weighted by atomic mass is 9.86. The summed E-state index contributed by atoms with van der Waals surface area (Å²) in [5.74, 6) is 0.224. The monoisotopic (exact) mass is 438 g/mol. The molecule has 32 heavy (non-hydrogen) atoms. The molecule has 1 aliphatic heterocycles. The van der Waals surface area contributed by atoms with Gasteiger partial charge in [0, 0.05) is 26.6 Å². The van der Waals surface area contributed by atoms with Gasteiger partial charge in [-0.1, -0.05) is 61.5 Å². The predicted molar refractivity (Wildman–Crippen MR) is 133 cm³/mol. The molecule has 0 bridgehead atoms. The van der Waals surface area contributed by atoms with Crippen LogP contribution >= 0.6 is 11.8 Å². The van der Waals surface area contributed by atoms with E-state index in [9.17, 15) is 4.39 Å². The summed E-state index contributed by atoms with van der Waals surface area (Å²) in [4.78, 5) is 2.46. The lowest BCUT2D eigenvalue weighted by Gasteiger charge is -2.26. The average molecular weight is 439 g/mol. The molecule has 0 N–H and O–H groups in total. The van der Waals surface area contributed by atoms with Crippen LogP contribution in [-0.2, 0) is 7.05 Å². The first kappa shape index (κ1) is 19.8. The van der Waals surface area contributed by atoms with Gasteiger partial charge in [-0.2, -0.15) is 0 Å². The van der Waals surface area contributed by atoms with E-state index in [-0.39, 0.29) is 5.82 Å². The van der Waals surface area contributed by atoms with Crippen LogP contribution in [0.5, 0.6) is 0 Å². The van der Waals surface area contributed by atoms with Crippen LogP contribution < -0.4 is 4.57 Å². The maximum absolute atomic E-state index is 14.8. The molecule has 3 heteroatoms. The van der Waals surface area contributed by atoms with Gasteiger partial charge in [0.25, 0.3) is 0 Å². The molecule has 0 saturated carbocycles. The Balaban J connectivity index is 1.87. The van der Waals surface area contributed by atoms with Crippen molar-refractivity contribution in [2.24, 2.45) is 7.05 Å². The van der Waals surface area contributed by atoms with Gasteiger partial charge in [0.05, 0.1) is 10.9 Å². The summed E-state index contributed by atoms with van der Waals surface area (Å²) in [7, 11) is 2.13. The maximum atomic E-state index is 14.8. The third-order valence-electron chi connectivity index (χ3n) is 6.93. The van der Waals surface area contributed by atoms with Gasteiger partial charge < -0.3 is 0 Å². The van der Waals surface area contributed by atoms with Crippen molar-refractivity contribution in [1.29, 1.82) is 0 Å². The third kappa shape index (κ3) is 2.55. The zero-order chi connectivity index (χ0) is 22.3. The molecule has 0 spiro atoms. The van der Waals surface area contributed by atoms with E-state index < -0.39 is 0 Å². The molecule has 0 radical (unpaired) electrons. The zero-order valence-electron chi connectivity index (χ0n) is 19.0. The molecular weight excluding hydrogens is 413 g/mol. The second-order valence-corrected chi connectivity index (χ2v) is 10.4. The molecule has 1 aromatic heterocycles.